The number of allylic oxidation sites excluding steroid dienone is 23. The molecule has 0 saturated carbocycles. The van der Waals surface area contributed by atoms with Crippen LogP contribution in [-0.4, -0.2) is 87.5 Å². The van der Waals surface area contributed by atoms with E-state index in [2.05, 4.69) is 153 Å². The number of amides is 1. The number of aliphatic hydroxyl groups is 5. The second-order valence-electron chi connectivity index (χ2n) is 21.4. The van der Waals surface area contributed by atoms with Gasteiger partial charge in [-0.3, -0.25) is 4.79 Å². The number of nitrogens with one attached hydrogen (secondary N) is 1. The number of carbonyl (C=O) groups excluding carboxylic acids is 1. The molecule has 7 unspecified atom stereocenters. The molecule has 0 bridgehead atoms. The summed E-state index contributed by atoms with van der Waals surface area (Å²) in [6.07, 6.45) is 83.5. The molecule has 1 heterocycles. The van der Waals surface area contributed by atoms with Crippen LogP contribution < -0.4 is 5.32 Å². The van der Waals surface area contributed by atoms with Crippen LogP contribution in [0.2, 0.25) is 0 Å². The number of unbranched alkanes of at least 4 members (excludes halogenated alkanes) is 21. The van der Waals surface area contributed by atoms with Crippen molar-refractivity contribution in [2.45, 2.75) is 281 Å². The molecule has 1 fully saturated rings. The lowest BCUT2D eigenvalue weighted by atomic mass is 9.99. The molecule has 0 aliphatic carbocycles. The van der Waals surface area contributed by atoms with E-state index in [-0.39, 0.29) is 12.5 Å². The van der Waals surface area contributed by atoms with Crippen molar-refractivity contribution >= 4 is 5.91 Å². The highest BCUT2D eigenvalue weighted by Gasteiger charge is 2.44. The minimum atomic E-state index is -1.58. The average Bonchev–Trinajstić information content (AvgIpc) is 3.46. The van der Waals surface area contributed by atoms with Crippen molar-refractivity contribution < 1.29 is 39.8 Å². The van der Waals surface area contributed by atoms with Crippen molar-refractivity contribution in [1.29, 1.82) is 0 Å². The van der Waals surface area contributed by atoms with E-state index in [0.717, 1.165) is 122 Å². The molecule has 80 heavy (non-hydrogen) atoms. The SMILES string of the molecule is CC/C=C\C/C=C\C/C=C\C/C=C\C/C=C\C/C=C\C/C=C\C/C=C\C/C=C\CCCCCCCCCCCCCC(=O)NC(COC1OC(CO)C(O)C(O)C1O)C(O)/C=C/CC/C=C/CC/C=C/CCCCCCCCCC. The second kappa shape index (κ2) is 58.3. The summed E-state index contributed by atoms with van der Waals surface area (Å²) in [5.74, 6) is -0.200. The van der Waals surface area contributed by atoms with Gasteiger partial charge in [0, 0.05) is 6.42 Å². The second-order valence-corrected chi connectivity index (χ2v) is 21.4. The first kappa shape index (κ1) is 74.1. The van der Waals surface area contributed by atoms with E-state index in [1.807, 2.05) is 6.08 Å². The Labute approximate surface area is 489 Å². The summed E-state index contributed by atoms with van der Waals surface area (Å²) in [4.78, 5) is 13.1. The highest BCUT2D eigenvalue weighted by molar-refractivity contribution is 5.76. The van der Waals surface area contributed by atoms with Crippen LogP contribution in [0, 0.1) is 0 Å². The van der Waals surface area contributed by atoms with E-state index in [0.29, 0.717) is 6.42 Å². The fourth-order valence-corrected chi connectivity index (χ4v) is 9.12. The Balaban J connectivity index is 2.18. The summed E-state index contributed by atoms with van der Waals surface area (Å²) < 4.78 is 11.3. The van der Waals surface area contributed by atoms with Gasteiger partial charge in [0.1, 0.15) is 24.4 Å². The molecule has 454 valence electrons. The normalized spacial score (nSPS) is 19.5. The maximum atomic E-state index is 13.1. The molecule has 1 aliphatic heterocycles. The van der Waals surface area contributed by atoms with Crippen LogP contribution in [0.15, 0.2) is 146 Å². The minimum absolute atomic E-state index is 0.200. The zero-order valence-corrected chi connectivity index (χ0v) is 50.5. The monoisotopic (exact) mass is 1110 g/mol. The zero-order chi connectivity index (χ0) is 57.9. The highest BCUT2D eigenvalue weighted by Crippen LogP contribution is 2.23. The van der Waals surface area contributed by atoms with Gasteiger partial charge >= 0.3 is 0 Å². The summed E-state index contributed by atoms with van der Waals surface area (Å²) in [5.41, 5.74) is 0. The quantitative estimate of drug-likeness (QED) is 0.0261. The van der Waals surface area contributed by atoms with Gasteiger partial charge in [-0.1, -0.05) is 262 Å². The molecule has 0 aromatic heterocycles. The van der Waals surface area contributed by atoms with Gasteiger partial charge in [-0.15, -0.1) is 0 Å². The van der Waals surface area contributed by atoms with Gasteiger partial charge in [0.2, 0.25) is 5.91 Å². The molecular weight excluding hydrogens is 995 g/mol. The molecule has 0 aromatic carbocycles. The van der Waals surface area contributed by atoms with Gasteiger partial charge in [0.25, 0.3) is 0 Å². The predicted molar refractivity (Wildman–Crippen MR) is 340 cm³/mol. The Morgan fingerprint density at radius 3 is 1.20 bits per heavy atom. The van der Waals surface area contributed by atoms with Gasteiger partial charge in [-0.25, -0.2) is 0 Å². The van der Waals surface area contributed by atoms with E-state index in [1.165, 1.54) is 96.3 Å². The molecule has 9 heteroatoms. The molecule has 9 nitrogen and oxygen atoms in total. The van der Waals surface area contributed by atoms with E-state index >= 15 is 0 Å². The smallest absolute Gasteiger partial charge is 0.220 e. The average molecular weight is 1110 g/mol. The zero-order valence-electron chi connectivity index (χ0n) is 50.5. The third-order valence-corrected chi connectivity index (χ3v) is 14.1. The van der Waals surface area contributed by atoms with Gasteiger partial charge in [0.05, 0.1) is 25.4 Å². The first-order valence-electron chi connectivity index (χ1n) is 32.1. The van der Waals surface area contributed by atoms with Crippen molar-refractivity contribution in [3.8, 4) is 0 Å². The topological polar surface area (TPSA) is 149 Å². The Morgan fingerprint density at radius 2 is 0.787 bits per heavy atom. The van der Waals surface area contributed by atoms with Crippen molar-refractivity contribution in [1.82, 2.24) is 5.32 Å². The van der Waals surface area contributed by atoms with Crippen LogP contribution in [0.25, 0.3) is 0 Å². The molecule has 1 amide bonds. The summed E-state index contributed by atoms with van der Waals surface area (Å²) >= 11 is 0. The molecule has 7 atom stereocenters. The number of rotatable bonds is 53. The standard InChI is InChI=1S/C71H117NO8/c1-3-5-7-9-11-13-15-17-19-21-23-24-25-26-27-28-29-30-31-32-33-34-35-36-37-38-39-40-41-42-43-45-47-49-51-53-55-57-59-61-67(75)72-64(63-79-71-70(78)69(77)68(76)66(62-73)80-71)65(74)60-58-56-54-52-50-48-46-44-22-20-18-16-14-12-10-8-6-4-2/h5,7,11,13,17,19,22-24,26-27,29-30,32-33,35-36,38-39,44,50,52,58,60,64-66,68-71,73-74,76-78H,3-4,6,8-10,12,14-16,18,20-21,25,28,31,34,37,40-43,45-49,51,53-57,59,61-63H2,1-2H3,(H,72,75)/b7-5-,13-11-,19-17-,24-23-,27-26-,30-29-,33-32-,36-35-,39-38-,44-22+,52-50+,60-58+. The van der Waals surface area contributed by atoms with Crippen LogP contribution in [0.1, 0.15) is 239 Å². The van der Waals surface area contributed by atoms with Crippen LogP contribution in [0.5, 0.6) is 0 Å². The summed E-state index contributed by atoms with van der Waals surface area (Å²) in [5, 5.41) is 54.5. The third kappa shape index (κ3) is 46.7. The first-order valence-corrected chi connectivity index (χ1v) is 32.1. The van der Waals surface area contributed by atoms with E-state index in [9.17, 15) is 30.3 Å². The molecule has 0 spiro atoms. The van der Waals surface area contributed by atoms with Crippen molar-refractivity contribution in [2.75, 3.05) is 13.2 Å². The van der Waals surface area contributed by atoms with Gasteiger partial charge in [0.15, 0.2) is 6.29 Å². The summed E-state index contributed by atoms with van der Waals surface area (Å²) in [6, 6.07) is -0.840. The minimum Gasteiger partial charge on any atom is -0.394 e. The van der Waals surface area contributed by atoms with E-state index in [1.54, 1.807) is 6.08 Å². The molecule has 0 aromatic rings. The predicted octanol–water partition coefficient (Wildman–Crippen LogP) is 17.0. The number of hydrogen-bond donors (Lipinski definition) is 6. The molecule has 1 saturated heterocycles. The maximum absolute atomic E-state index is 13.1. The fourth-order valence-electron chi connectivity index (χ4n) is 9.12. The van der Waals surface area contributed by atoms with Gasteiger partial charge in [-0.2, -0.15) is 0 Å². The Kier molecular flexibility index (Phi) is 54.0. The van der Waals surface area contributed by atoms with Gasteiger partial charge < -0.3 is 40.3 Å². The molecule has 1 aliphatic rings. The fraction of sp³-hybridized carbons (Fsp3) is 0.648. The van der Waals surface area contributed by atoms with E-state index in [4.69, 9.17) is 9.47 Å². The molecular formula is C71H117NO8. The number of aliphatic hydroxyl groups excluding tert-OH is 5. The van der Waals surface area contributed by atoms with Crippen molar-refractivity contribution in [3.63, 3.8) is 0 Å². The van der Waals surface area contributed by atoms with Crippen LogP contribution in [-0.2, 0) is 14.3 Å². The number of ether oxygens (including phenoxy) is 2. The lowest BCUT2D eigenvalue weighted by Crippen LogP contribution is -2.60. The highest BCUT2D eigenvalue weighted by atomic mass is 16.7. The summed E-state index contributed by atoms with van der Waals surface area (Å²) in [6.45, 7) is 3.63. The first-order chi connectivity index (χ1) is 39.3. The van der Waals surface area contributed by atoms with Crippen LogP contribution in [0.4, 0.5) is 0 Å². The van der Waals surface area contributed by atoms with Crippen molar-refractivity contribution in [3.05, 3.63) is 146 Å². The molecule has 6 N–H and O–H groups in total. The summed E-state index contributed by atoms with van der Waals surface area (Å²) in [7, 11) is 0. The molecule has 0 radical (unpaired) electrons. The van der Waals surface area contributed by atoms with Gasteiger partial charge in [-0.05, 0) is 116 Å². The molecule has 1 rings (SSSR count). The van der Waals surface area contributed by atoms with Crippen LogP contribution >= 0.6 is 0 Å². The Bertz CT molecular complexity index is 1770. The van der Waals surface area contributed by atoms with Crippen LogP contribution in [0.3, 0.4) is 0 Å². The maximum Gasteiger partial charge on any atom is 0.220 e. The number of hydrogen-bond acceptors (Lipinski definition) is 8. The largest absolute Gasteiger partial charge is 0.394 e. The Hall–Kier alpha value is -3.93. The Morgan fingerprint density at radius 1 is 0.438 bits per heavy atom. The third-order valence-electron chi connectivity index (χ3n) is 14.1. The van der Waals surface area contributed by atoms with Crippen molar-refractivity contribution in [2.24, 2.45) is 0 Å². The lowest BCUT2D eigenvalue weighted by molar-refractivity contribution is -0.302. The van der Waals surface area contributed by atoms with E-state index < -0.39 is 49.5 Å². The lowest BCUT2D eigenvalue weighted by Gasteiger charge is -2.40. The number of carbonyl (C=O) groups is 1.